The molecule has 0 bridgehead atoms. The Hall–Kier alpha value is -1.70. The van der Waals surface area contributed by atoms with Gasteiger partial charge in [-0.2, -0.15) is 13.2 Å². The lowest BCUT2D eigenvalue weighted by molar-refractivity contribution is -0.145. The molecule has 0 atom stereocenters. The molecule has 5 nitrogen and oxygen atoms in total. The van der Waals surface area contributed by atoms with Crippen LogP contribution in [0.2, 0.25) is 0 Å². The van der Waals surface area contributed by atoms with E-state index in [1.165, 1.54) is 6.07 Å². The third-order valence-electron chi connectivity index (χ3n) is 4.48. The van der Waals surface area contributed by atoms with Gasteiger partial charge in [0.15, 0.2) is 0 Å². The third-order valence-corrected chi connectivity index (χ3v) is 4.48. The molecule has 0 radical (unpaired) electrons. The fourth-order valence-electron chi connectivity index (χ4n) is 3.23. The van der Waals surface area contributed by atoms with Gasteiger partial charge in [-0.3, -0.25) is 4.79 Å². The highest BCUT2D eigenvalue weighted by Crippen LogP contribution is 2.40. The average Bonchev–Trinajstić information content (AvgIpc) is 2.77. The second kappa shape index (κ2) is 5.49. The molecule has 2 aliphatic heterocycles. The third kappa shape index (κ3) is 2.79. The Morgan fingerprint density at radius 1 is 1.27 bits per heavy atom. The van der Waals surface area contributed by atoms with Crippen molar-refractivity contribution in [3.63, 3.8) is 0 Å². The molecule has 0 aromatic carbocycles. The van der Waals surface area contributed by atoms with Crippen LogP contribution in [0.5, 0.6) is 0 Å². The van der Waals surface area contributed by atoms with Crippen molar-refractivity contribution in [2.24, 2.45) is 5.41 Å². The summed E-state index contributed by atoms with van der Waals surface area (Å²) in [6.07, 6.45) is -1.13. The van der Waals surface area contributed by atoms with Gasteiger partial charge in [0.1, 0.15) is 0 Å². The molecule has 2 saturated heterocycles. The second-order valence-corrected chi connectivity index (χ2v) is 5.88. The summed E-state index contributed by atoms with van der Waals surface area (Å²) in [7, 11) is 0. The minimum Gasteiger partial charge on any atom is -0.336 e. The monoisotopic (exact) mass is 314 g/mol. The molecule has 2 aliphatic rings. The topological polar surface area (TPSA) is 58.1 Å². The van der Waals surface area contributed by atoms with Crippen molar-refractivity contribution < 1.29 is 18.0 Å². The predicted octanol–water partition coefficient (Wildman–Crippen LogP) is 1.60. The quantitative estimate of drug-likeness (QED) is 0.901. The molecule has 120 valence electrons. The molecule has 0 unspecified atom stereocenters. The highest BCUT2D eigenvalue weighted by Gasteiger charge is 2.46. The van der Waals surface area contributed by atoms with E-state index in [-0.39, 0.29) is 23.6 Å². The Balaban J connectivity index is 1.73. The number of nitrogens with zero attached hydrogens (tertiary/aromatic N) is 3. The summed E-state index contributed by atoms with van der Waals surface area (Å²) in [5, 5.41) is 3.23. The molecule has 1 spiro atoms. The fraction of sp³-hybridized carbons (Fsp3) is 0.643. The van der Waals surface area contributed by atoms with E-state index in [9.17, 15) is 18.0 Å². The first-order valence-corrected chi connectivity index (χ1v) is 7.30. The smallest absolute Gasteiger partial charge is 0.336 e. The number of hydrogen-bond acceptors (Lipinski definition) is 4. The van der Waals surface area contributed by atoms with Gasteiger partial charge in [0.05, 0.1) is 17.7 Å². The Labute approximate surface area is 125 Å². The SMILES string of the molecule is O=C1N(Cc2ccnc(C(F)(F)F)n2)CCC12CCNCC2. The average molecular weight is 314 g/mol. The maximum Gasteiger partial charge on any atom is 0.451 e. The normalized spacial score (nSPS) is 21.6. The van der Waals surface area contributed by atoms with Crippen LogP contribution in [0.15, 0.2) is 12.3 Å². The standard InChI is InChI=1S/C14H17F3N4O/c15-14(16,17)11-19-5-1-10(20-11)9-21-8-4-13(12(21)22)2-6-18-7-3-13/h1,5,18H,2-4,6-9H2. The molecular weight excluding hydrogens is 297 g/mol. The largest absolute Gasteiger partial charge is 0.451 e. The Morgan fingerprint density at radius 2 is 2.00 bits per heavy atom. The number of halogens is 3. The van der Waals surface area contributed by atoms with Crippen LogP contribution in [0.4, 0.5) is 13.2 Å². The van der Waals surface area contributed by atoms with Crippen LogP contribution in [-0.4, -0.2) is 40.4 Å². The maximum absolute atomic E-state index is 12.6. The van der Waals surface area contributed by atoms with Crippen LogP contribution in [0.25, 0.3) is 0 Å². The zero-order valence-corrected chi connectivity index (χ0v) is 12.0. The number of hydrogen-bond donors (Lipinski definition) is 1. The molecule has 1 amide bonds. The van der Waals surface area contributed by atoms with Crippen LogP contribution in [0.3, 0.4) is 0 Å². The lowest BCUT2D eigenvalue weighted by Crippen LogP contribution is -2.42. The van der Waals surface area contributed by atoms with E-state index in [4.69, 9.17) is 0 Å². The number of piperidine rings is 1. The first-order valence-electron chi connectivity index (χ1n) is 7.30. The lowest BCUT2D eigenvalue weighted by Gasteiger charge is -2.32. The van der Waals surface area contributed by atoms with Gasteiger partial charge in [-0.15, -0.1) is 0 Å². The zero-order chi connectivity index (χ0) is 15.8. The summed E-state index contributed by atoms with van der Waals surface area (Å²) in [4.78, 5) is 21.0. The van der Waals surface area contributed by atoms with E-state index in [0.717, 1.165) is 38.5 Å². The number of carbonyl (C=O) groups excluding carboxylic acids is 1. The van der Waals surface area contributed by atoms with Gasteiger partial charge in [0, 0.05) is 12.7 Å². The van der Waals surface area contributed by atoms with Crippen molar-refractivity contribution >= 4 is 5.91 Å². The van der Waals surface area contributed by atoms with Crippen molar-refractivity contribution in [1.82, 2.24) is 20.2 Å². The van der Waals surface area contributed by atoms with E-state index in [2.05, 4.69) is 15.3 Å². The molecule has 1 aromatic rings. The fourth-order valence-corrected chi connectivity index (χ4v) is 3.23. The number of nitrogens with one attached hydrogen (secondary N) is 1. The molecule has 1 N–H and O–H groups in total. The molecule has 2 fully saturated rings. The summed E-state index contributed by atoms with van der Waals surface area (Å²) < 4.78 is 37.9. The van der Waals surface area contributed by atoms with Crippen LogP contribution in [-0.2, 0) is 17.5 Å². The molecule has 0 saturated carbocycles. The first-order chi connectivity index (χ1) is 10.4. The second-order valence-electron chi connectivity index (χ2n) is 5.88. The summed E-state index contributed by atoms with van der Waals surface area (Å²) in [5.41, 5.74) is -0.104. The van der Waals surface area contributed by atoms with E-state index in [1.807, 2.05) is 0 Å². The molecule has 8 heteroatoms. The Kier molecular flexibility index (Phi) is 3.80. The van der Waals surface area contributed by atoms with Crippen LogP contribution < -0.4 is 5.32 Å². The Bertz CT molecular complexity index is 569. The van der Waals surface area contributed by atoms with Gasteiger partial charge in [-0.1, -0.05) is 0 Å². The number of rotatable bonds is 2. The van der Waals surface area contributed by atoms with Crippen LogP contribution in [0, 0.1) is 5.41 Å². The predicted molar refractivity (Wildman–Crippen MR) is 71.6 cm³/mol. The first kappa shape index (κ1) is 15.2. The van der Waals surface area contributed by atoms with Gasteiger partial charge < -0.3 is 10.2 Å². The minimum atomic E-state index is -4.57. The Morgan fingerprint density at radius 3 is 2.68 bits per heavy atom. The van der Waals surface area contributed by atoms with E-state index < -0.39 is 12.0 Å². The number of carbonyl (C=O) groups is 1. The van der Waals surface area contributed by atoms with Gasteiger partial charge in [-0.05, 0) is 38.4 Å². The summed E-state index contributed by atoms with van der Waals surface area (Å²) >= 11 is 0. The van der Waals surface area contributed by atoms with Gasteiger partial charge >= 0.3 is 6.18 Å². The van der Waals surface area contributed by atoms with Crippen molar-refractivity contribution in [3.8, 4) is 0 Å². The van der Waals surface area contributed by atoms with Crippen molar-refractivity contribution in [2.75, 3.05) is 19.6 Å². The molecule has 22 heavy (non-hydrogen) atoms. The van der Waals surface area contributed by atoms with Gasteiger partial charge in [0.2, 0.25) is 11.7 Å². The molecule has 1 aromatic heterocycles. The zero-order valence-electron chi connectivity index (χ0n) is 12.0. The van der Waals surface area contributed by atoms with Gasteiger partial charge in [0.25, 0.3) is 0 Å². The number of alkyl halides is 3. The molecule has 0 aliphatic carbocycles. The van der Waals surface area contributed by atoms with E-state index >= 15 is 0 Å². The minimum absolute atomic E-state index is 0.0428. The van der Waals surface area contributed by atoms with E-state index in [0.29, 0.717) is 6.54 Å². The highest BCUT2D eigenvalue weighted by atomic mass is 19.4. The van der Waals surface area contributed by atoms with Gasteiger partial charge in [-0.25, -0.2) is 9.97 Å². The van der Waals surface area contributed by atoms with Crippen LogP contribution >= 0.6 is 0 Å². The van der Waals surface area contributed by atoms with Crippen molar-refractivity contribution in [1.29, 1.82) is 0 Å². The summed E-state index contributed by atoms with van der Waals surface area (Å²) in [5.74, 6) is -1.12. The molecule has 3 rings (SSSR count). The molecular formula is C14H17F3N4O. The van der Waals surface area contributed by atoms with Crippen LogP contribution in [0.1, 0.15) is 30.8 Å². The molecule has 3 heterocycles. The number of aromatic nitrogens is 2. The number of likely N-dealkylation sites (tertiary alicyclic amines) is 1. The van der Waals surface area contributed by atoms with Crippen molar-refractivity contribution in [3.05, 3.63) is 23.8 Å². The van der Waals surface area contributed by atoms with E-state index in [1.54, 1.807) is 4.90 Å². The maximum atomic E-state index is 12.6. The van der Waals surface area contributed by atoms with Crippen molar-refractivity contribution in [2.45, 2.75) is 32.0 Å². The summed E-state index contributed by atoms with van der Waals surface area (Å²) in [6, 6.07) is 1.43. The lowest BCUT2D eigenvalue weighted by atomic mass is 9.78. The summed E-state index contributed by atoms with van der Waals surface area (Å²) in [6.45, 7) is 2.31. The highest BCUT2D eigenvalue weighted by molar-refractivity contribution is 5.85. The number of amides is 1.